The Morgan fingerprint density at radius 1 is 0.571 bits per heavy atom. The van der Waals surface area contributed by atoms with Gasteiger partial charge in [-0.3, -0.25) is 4.79 Å². The maximum absolute atomic E-state index is 10.6. The Kier molecular flexibility index (Phi) is 100.0. The number of aldehydes is 1. The van der Waals surface area contributed by atoms with E-state index in [-0.39, 0.29) is 52.4 Å². The largest absolute Gasteiger partial charge is 0.303 e. The van der Waals surface area contributed by atoms with Crippen molar-refractivity contribution >= 4 is 17.9 Å². The third-order valence-corrected chi connectivity index (χ3v) is 4.10. The zero-order valence-corrected chi connectivity index (χ0v) is 25.0. The maximum Gasteiger partial charge on any atom is 0.152 e. The smallest absolute Gasteiger partial charge is 0.152 e. The van der Waals surface area contributed by atoms with Crippen LogP contribution in [0.1, 0.15) is 163 Å². The number of carbonyl (C=O) groups excluding carboxylic acids is 3. The van der Waals surface area contributed by atoms with Crippen LogP contribution in [0.2, 0.25) is 0 Å². The molecule has 0 atom stereocenters. The van der Waals surface area contributed by atoms with Crippen molar-refractivity contribution < 1.29 is 32.9 Å². The fourth-order valence-corrected chi connectivity index (χ4v) is 2.87. The molecule has 0 amide bonds. The molecule has 35 heavy (non-hydrogen) atoms. The second kappa shape index (κ2) is 58.9. The summed E-state index contributed by atoms with van der Waals surface area (Å²) in [5.74, 6) is 1.44. The Morgan fingerprint density at radius 2 is 0.829 bits per heavy atom. The minimum Gasteiger partial charge on any atom is -0.303 e. The number of rotatable bonds is 3. The normalized spacial score (nSPS) is 13.2. The van der Waals surface area contributed by atoms with Crippen LogP contribution < -0.4 is 0 Å². The van der Waals surface area contributed by atoms with Gasteiger partial charge in [-0.15, -0.1) is 0 Å². The Morgan fingerprint density at radius 3 is 1.03 bits per heavy atom. The molecule has 0 aliphatic heterocycles. The van der Waals surface area contributed by atoms with E-state index in [0.29, 0.717) is 11.8 Å². The third-order valence-electron chi connectivity index (χ3n) is 4.10. The fourth-order valence-electron chi connectivity index (χ4n) is 2.87. The van der Waals surface area contributed by atoms with E-state index < -0.39 is 0 Å². The number of hydrogen-bond donors (Lipinski definition) is 0. The second-order valence-electron chi connectivity index (χ2n) is 6.81. The zero-order chi connectivity index (χ0) is 25.5. The predicted molar refractivity (Wildman–Crippen MR) is 161 cm³/mol. The van der Waals surface area contributed by atoms with Gasteiger partial charge in [0.05, 0.1) is 0 Å². The Bertz CT molecular complexity index is 363. The molecular formula is C31H70O3V. The van der Waals surface area contributed by atoms with E-state index in [2.05, 4.69) is 6.08 Å². The molecule has 0 unspecified atom stereocenters. The number of Topliss-reactive ketones (excluding diaryl/α,β-unsaturated/α-hetero) is 1. The fraction of sp³-hybridized carbons (Fsp3) is 0.839. The maximum atomic E-state index is 10.6. The van der Waals surface area contributed by atoms with Crippen LogP contribution in [0.5, 0.6) is 0 Å². The molecular weight excluding hydrogens is 471 g/mol. The summed E-state index contributed by atoms with van der Waals surface area (Å²) in [6, 6.07) is 0. The van der Waals surface area contributed by atoms with E-state index in [4.69, 9.17) is 0 Å². The van der Waals surface area contributed by atoms with Crippen molar-refractivity contribution in [3.05, 3.63) is 12.2 Å². The third kappa shape index (κ3) is 65.6. The van der Waals surface area contributed by atoms with Crippen LogP contribution in [0.25, 0.3) is 0 Å². The van der Waals surface area contributed by atoms with Gasteiger partial charge in [0, 0.05) is 24.5 Å². The molecule has 0 aromatic carbocycles. The molecule has 1 radical (unpaired) electrons. The molecule has 0 heterocycles. The molecule has 2 aliphatic rings. The monoisotopic (exact) mass is 541 g/mol. The molecule has 2 rings (SSSR count). The first-order valence-electron chi connectivity index (χ1n) is 13.1. The molecule has 0 N–H and O–H groups in total. The molecule has 4 heteroatoms. The SMILES string of the molecule is C.C.C.CC.CC.CC.CC.CC(=O)/C=C/C1CCCCC1.CC(C)=O.O=CC1CCCCC1.[V]. The topological polar surface area (TPSA) is 51.2 Å². The van der Waals surface area contributed by atoms with Crippen LogP contribution >= 0.6 is 0 Å². The second-order valence-corrected chi connectivity index (χ2v) is 6.81. The van der Waals surface area contributed by atoms with E-state index in [1.54, 1.807) is 13.0 Å². The van der Waals surface area contributed by atoms with Crippen molar-refractivity contribution in [1.29, 1.82) is 0 Å². The Labute approximate surface area is 237 Å². The van der Waals surface area contributed by atoms with Gasteiger partial charge >= 0.3 is 0 Å². The van der Waals surface area contributed by atoms with Gasteiger partial charge in [0.2, 0.25) is 0 Å². The van der Waals surface area contributed by atoms with Gasteiger partial charge in [-0.25, -0.2) is 0 Å². The van der Waals surface area contributed by atoms with Crippen molar-refractivity contribution in [3.63, 3.8) is 0 Å². The molecule has 2 saturated carbocycles. The molecule has 0 saturated heterocycles. The summed E-state index contributed by atoms with van der Waals surface area (Å²) in [7, 11) is 0. The number of hydrogen-bond acceptors (Lipinski definition) is 3. The van der Waals surface area contributed by atoms with Crippen LogP contribution in [-0.2, 0) is 32.9 Å². The zero-order valence-electron chi connectivity index (χ0n) is 23.6. The summed E-state index contributed by atoms with van der Waals surface area (Å²) >= 11 is 0. The number of carbonyl (C=O) groups is 3. The summed E-state index contributed by atoms with van der Waals surface area (Å²) in [6.07, 6.45) is 17.7. The molecule has 217 valence electrons. The summed E-state index contributed by atoms with van der Waals surface area (Å²) < 4.78 is 0. The van der Waals surface area contributed by atoms with Gasteiger partial charge in [-0.1, -0.05) is 122 Å². The van der Waals surface area contributed by atoms with E-state index in [1.807, 2.05) is 55.4 Å². The van der Waals surface area contributed by atoms with Crippen LogP contribution in [0.3, 0.4) is 0 Å². The molecule has 0 bridgehead atoms. The Balaban J connectivity index is -0.0000000361. The quantitative estimate of drug-likeness (QED) is 0.264. The molecule has 2 fully saturated rings. The predicted octanol–water partition coefficient (Wildman–Crippen LogP) is 11.1. The first kappa shape index (κ1) is 59.4. The molecule has 3 nitrogen and oxygen atoms in total. The van der Waals surface area contributed by atoms with Crippen molar-refractivity contribution in [2.24, 2.45) is 11.8 Å². The van der Waals surface area contributed by atoms with Crippen molar-refractivity contribution in [3.8, 4) is 0 Å². The molecule has 0 spiro atoms. The number of allylic oxidation sites excluding steroid dienone is 2. The van der Waals surface area contributed by atoms with Crippen LogP contribution in [0.15, 0.2) is 12.2 Å². The van der Waals surface area contributed by atoms with Crippen molar-refractivity contribution in [1.82, 2.24) is 0 Å². The van der Waals surface area contributed by atoms with Gasteiger partial charge in [-0.2, -0.15) is 0 Å². The Hall–Kier alpha value is -0.666. The van der Waals surface area contributed by atoms with E-state index in [1.165, 1.54) is 65.2 Å². The van der Waals surface area contributed by atoms with Gasteiger partial charge in [0.25, 0.3) is 0 Å². The van der Waals surface area contributed by atoms with Crippen LogP contribution in [0.4, 0.5) is 0 Å². The van der Waals surface area contributed by atoms with Crippen LogP contribution in [-0.4, -0.2) is 17.9 Å². The molecule has 0 aromatic rings. The van der Waals surface area contributed by atoms with E-state index >= 15 is 0 Å². The van der Waals surface area contributed by atoms with E-state index in [0.717, 1.165) is 19.1 Å². The average molecular weight is 542 g/mol. The van der Waals surface area contributed by atoms with Gasteiger partial charge in [-0.05, 0) is 58.4 Å². The van der Waals surface area contributed by atoms with Gasteiger partial charge in [0.15, 0.2) is 5.78 Å². The first-order valence-corrected chi connectivity index (χ1v) is 13.1. The van der Waals surface area contributed by atoms with Crippen molar-refractivity contribution in [2.45, 2.75) is 163 Å². The summed E-state index contributed by atoms with van der Waals surface area (Å²) in [4.78, 5) is 30.2. The first-order chi connectivity index (χ1) is 15.0. The minimum absolute atomic E-state index is 0. The standard InChI is InChI=1S/C10H16O.C7H12O.C3H6O.4C2H6.3CH4.V/c1-9(11)7-8-10-5-3-2-4-6-10;8-6-7-4-2-1-3-5-7;1-3(2)4;4*1-2;;;;/h7-8,10H,2-6H2,1H3;6-7H,1-5H2;1-2H3;4*1-2H3;3*1H4;/b8-7+;;;;;;;;;;. The van der Waals surface area contributed by atoms with Gasteiger partial charge in [0.1, 0.15) is 12.1 Å². The molecule has 2 aliphatic carbocycles. The van der Waals surface area contributed by atoms with Crippen molar-refractivity contribution in [2.75, 3.05) is 0 Å². The minimum atomic E-state index is 0. The van der Waals surface area contributed by atoms with Gasteiger partial charge < -0.3 is 9.59 Å². The van der Waals surface area contributed by atoms with Crippen LogP contribution in [0, 0.1) is 11.8 Å². The number of ketones is 2. The molecule has 0 aromatic heterocycles. The summed E-state index contributed by atoms with van der Waals surface area (Å²) in [5, 5.41) is 0. The summed E-state index contributed by atoms with van der Waals surface area (Å²) in [6.45, 7) is 20.7. The van der Waals surface area contributed by atoms with E-state index in [9.17, 15) is 14.4 Å². The summed E-state index contributed by atoms with van der Waals surface area (Å²) in [5.41, 5.74) is 0. The average Bonchev–Trinajstić information content (AvgIpc) is 2.84.